The van der Waals surface area contributed by atoms with E-state index in [4.69, 9.17) is 21.6 Å². The van der Waals surface area contributed by atoms with Crippen LogP contribution in [0.25, 0.3) is 10.9 Å². The highest BCUT2D eigenvalue weighted by Crippen LogP contribution is 2.16. The Kier molecular flexibility index (Phi) is 2.41. The summed E-state index contributed by atoms with van der Waals surface area (Å²) in [6.07, 6.45) is 1.43. The molecule has 0 fully saturated rings. The first-order valence-corrected chi connectivity index (χ1v) is 4.46. The summed E-state index contributed by atoms with van der Waals surface area (Å²) in [6.45, 7) is 0. The SMILES string of the molecule is OB(O)c1cnc2ccc(Cl)cc2c1. The average molecular weight is 207 g/mol. The highest BCUT2D eigenvalue weighted by atomic mass is 35.5. The van der Waals surface area contributed by atoms with Crippen LogP contribution in [-0.2, 0) is 0 Å². The van der Waals surface area contributed by atoms with Gasteiger partial charge in [-0.05, 0) is 18.2 Å². The summed E-state index contributed by atoms with van der Waals surface area (Å²) < 4.78 is 0. The Labute approximate surface area is 86.1 Å². The summed E-state index contributed by atoms with van der Waals surface area (Å²) in [5, 5.41) is 19.3. The summed E-state index contributed by atoms with van der Waals surface area (Å²) in [7, 11) is -1.49. The Hall–Kier alpha value is -1.10. The zero-order chi connectivity index (χ0) is 10.1. The van der Waals surface area contributed by atoms with Gasteiger partial charge in [0.15, 0.2) is 0 Å². The van der Waals surface area contributed by atoms with Gasteiger partial charge in [0.05, 0.1) is 5.52 Å². The smallest absolute Gasteiger partial charge is 0.423 e. The molecule has 0 bridgehead atoms. The average Bonchev–Trinajstić information content (AvgIpc) is 2.16. The van der Waals surface area contributed by atoms with E-state index in [2.05, 4.69) is 4.98 Å². The first kappa shape index (κ1) is 9.46. The monoisotopic (exact) mass is 207 g/mol. The topological polar surface area (TPSA) is 53.4 Å². The predicted molar refractivity (Wildman–Crippen MR) is 56.6 cm³/mol. The molecular weight excluding hydrogens is 200 g/mol. The van der Waals surface area contributed by atoms with E-state index in [0.717, 1.165) is 10.9 Å². The fraction of sp³-hybridized carbons (Fsp3) is 0. The van der Waals surface area contributed by atoms with Gasteiger partial charge >= 0.3 is 7.12 Å². The molecule has 0 radical (unpaired) electrons. The van der Waals surface area contributed by atoms with Gasteiger partial charge in [0.2, 0.25) is 0 Å². The molecule has 0 atom stereocenters. The number of hydrogen-bond donors (Lipinski definition) is 2. The lowest BCUT2D eigenvalue weighted by Crippen LogP contribution is -2.29. The molecule has 2 rings (SSSR count). The van der Waals surface area contributed by atoms with Crippen molar-refractivity contribution in [1.82, 2.24) is 4.98 Å². The molecule has 0 aliphatic carbocycles. The molecule has 0 spiro atoms. The van der Waals surface area contributed by atoms with Crippen LogP contribution in [0.4, 0.5) is 0 Å². The first-order valence-electron chi connectivity index (χ1n) is 4.08. The first-order chi connectivity index (χ1) is 6.66. The Morgan fingerprint density at radius 3 is 2.71 bits per heavy atom. The molecule has 14 heavy (non-hydrogen) atoms. The van der Waals surface area contributed by atoms with Gasteiger partial charge in [0, 0.05) is 22.1 Å². The maximum atomic E-state index is 8.94. The Bertz CT molecular complexity index is 475. The third-order valence-electron chi connectivity index (χ3n) is 1.96. The molecule has 0 aliphatic heterocycles. The molecule has 0 amide bonds. The molecule has 3 nitrogen and oxygen atoms in total. The number of hydrogen-bond acceptors (Lipinski definition) is 3. The van der Waals surface area contributed by atoms with E-state index in [0.29, 0.717) is 10.5 Å². The summed E-state index contributed by atoms with van der Waals surface area (Å²) in [5.41, 5.74) is 1.14. The molecule has 2 N–H and O–H groups in total. The van der Waals surface area contributed by atoms with Crippen molar-refractivity contribution in [3.05, 3.63) is 35.5 Å². The van der Waals surface area contributed by atoms with E-state index in [1.807, 2.05) is 0 Å². The normalized spacial score (nSPS) is 10.5. The fourth-order valence-electron chi connectivity index (χ4n) is 1.26. The van der Waals surface area contributed by atoms with E-state index in [9.17, 15) is 0 Å². The van der Waals surface area contributed by atoms with Crippen LogP contribution in [0.5, 0.6) is 0 Å². The van der Waals surface area contributed by atoms with Crippen LogP contribution < -0.4 is 5.46 Å². The van der Waals surface area contributed by atoms with Crippen molar-refractivity contribution in [2.45, 2.75) is 0 Å². The number of halogens is 1. The van der Waals surface area contributed by atoms with Crippen LogP contribution in [0.2, 0.25) is 5.02 Å². The number of fused-ring (bicyclic) bond motifs is 1. The van der Waals surface area contributed by atoms with Gasteiger partial charge < -0.3 is 10.0 Å². The molecule has 0 aliphatic rings. The number of benzene rings is 1. The van der Waals surface area contributed by atoms with Crippen LogP contribution in [0.1, 0.15) is 0 Å². The van der Waals surface area contributed by atoms with Crippen LogP contribution in [0, 0.1) is 0 Å². The zero-order valence-corrected chi connectivity index (χ0v) is 7.94. The van der Waals surface area contributed by atoms with Gasteiger partial charge in [-0.2, -0.15) is 0 Å². The minimum absolute atomic E-state index is 0.361. The van der Waals surface area contributed by atoms with Crippen molar-refractivity contribution < 1.29 is 10.0 Å². The van der Waals surface area contributed by atoms with Gasteiger partial charge in [0.25, 0.3) is 0 Å². The number of aromatic nitrogens is 1. The van der Waals surface area contributed by atoms with Crippen molar-refractivity contribution in [2.24, 2.45) is 0 Å². The largest absolute Gasteiger partial charge is 0.490 e. The van der Waals surface area contributed by atoms with Gasteiger partial charge in [-0.15, -0.1) is 0 Å². The molecule has 5 heteroatoms. The van der Waals surface area contributed by atoms with Crippen LogP contribution in [0.3, 0.4) is 0 Å². The second-order valence-corrected chi connectivity index (χ2v) is 3.42. The Morgan fingerprint density at radius 1 is 1.21 bits per heavy atom. The van der Waals surface area contributed by atoms with Crippen molar-refractivity contribution in [2.75, 3.05) is 0 Å². The van der Waals surface area contributed by atoms with Crippen molar-refractivity contribution in [1.29, 1.82) is 0 Å². The number of rotatable bonds is 1. The minimum atomic E-state index is -1.49. The Balaban J connectivity index is 2.63. The van der Waals surface area contributed by atoms with E-state index in [1.54, 1.807) is 24.3 Å². The van der Waals surface area contributed by atoms with Crippen molar-refractivity contribution >= 4 is 35.1 Å². The summed E-state index contributed by atoms with van der Waals surface area (Å²) in [4.78, 5) is 4.06. The predicted octanol–water partition coefficient (Wildman–Crippen LogP) is 0.568. The highest BCUT2D eigenvalue weighted by Gasteiger charge is 2.11. The van der Waals surface area contributed by atoms with Crippen LogP contribution in [-0.4, -0.2) is 22.2 Å². The van der Waals surface area contributed by atoms with Crippen molar-refractivity contribution in [3.8, 4) is 0 Å². The molecule has 0 saturated heterocycles. The van der Waals surface area contributed by atoms with Gasteiger partial charge in [0.1, 0.15) is 0 Å². The van der Waals surface area contributed by atoms with E-state index in [-0.39, 0.29) is 0 Å². The van der Waals surface area contributed by atoms with E-state index in [1.165, 1.54) is 6.20 Å². The van der Waals surface area contributed by atoms with Gasteiger partial charge in [-0.1, -0.05) is 17.7 Å². The molecule has 70 valence electrons. The highest BCUT2D eigenvalue weighted by molar-refractivity contribution is 6.58. The molecular formula is C9H7BClNO2. The summed E-state index contributed by atoms with van der Waals surface area (Å²) >= 11 is 5.80. The molecule has 0 saturated carbocycles. The standard InChI is InChI=1S/C9H7BClNO2/c11-8-1-2-9-6(4-8)3-7(5-12-9)10(13)14/h1-5,13-14H. The molecule has 1 heterocycles. The third kappa shape index (κ3) is 1.72. The van der Waals surface area contributed by atoms with Crippen molar-refractivity contribution in [3.63, 3.8) is 0 Å². The second-order valence-electron chi connectivity index (χ2n) is 2.98. The molecule has 2 aromatic rings. The van der Waals surface area contributed by atoms with Gasteiger partial charge in [-0.25, -0.2) is 0 Å². The third-order valence-corrected chi connectivity index (χ3v) is 2.20. The maximum Gasteiger partial charge on any atom is 0.490 e. The second kappa shape index (κ2) is 3.57. The van der Waals surface area contributed by atoms with E-state index < -0.39 is 7.12 Å². The maximum absolute atomic E-state index is 8.94. The number of pyridine rings is 1. The zero-order valence-electron chi connectivity index (χ0n) is 7.18. The van der Waals surface area contributed by atoms with Gasteiger partial charge in [-0.3, -0.25) is 4.98 Å². The lowest BCUT2D eigenvalue weighted by atomic mass is 9.81. The lowest BCUT2D eigenvalue weighted by Gasteiger charge is -2.01. The molecule has 1 aromatic heterocycles. The summed E-state index contributed by atoms with van der Waals surface area (Å²) in [6, 6.07) is 6.91. The fourth-order valence-corrected chi connectivity index (χ4v) is 1.44. The number of nitrogens with zero attached hydrogens (tertiary/aromatic N) is 1. The lowest BCUT2D eigenvalue weighted by molar-refractivity contribution is 0.425. The summed E-state index contributed by atoms with van der Waals surface area (Å²) in [5.74, 6) is 0. The quantitative estimate of drug-likeness (QED) is 0.672. The van der Waals surface area contributed by atoms with E-state index >= 15 is 0 Å². The molecule has 0 unspecified atom stereocenters. The Morgan fingerprint density at radius 2 is 2.00 bits per heavy atom. The van der Waals surface area contributed by atoms with Crippen LogP contribution >= 0.6 is 11.6 Å². The molecule has 1 aromatic carbocycles. The minimum Gasteiger partial charge on any atom is -0.423 e. The van der Waals surface area contributed by atoms with Crippen LogP contribution in [0.15, 0.2) is 30.5 Å².